The monoisotopic (exact) mass is 626 g/mol. The quantitative estimate of drug-likeness (QED) is 0.192. The van der Waals surface area contributed by atoms with E-state index >= 15 is 0 Å². The van der Waals surface area contributed by atoms with Crippen LogP contribution in [0.25, 0.3) is 0 Å². The number of benzene rings is 2. The number of hydrogen-bond acceptors (Lipinski definition) is 12. The molecule has 0 aliphatic rings. The number of para-hydroxylation sites is 2. The summed E-state index contributed by atoms with van der Waals surface area (Å²) in [6.07, 6.45) is 0.530. The molecule has 0 radical (unpaired) electrons. The molecule has 1 heterocycles. The second-order valence-electron chi connectivity index (χ2n) is 9.57. The van der Waals surface area contributed by atoms with Crippen LogP contribution in [0.4, 0.5) is 0 Å². The molecular formula is C32H38N2O11. The first-order valence-corrected chi connectivity index (χ1v) is 13.8. The second-order valence-corrected chi connectivity index (χ2v) is 9.57. The first kappa shape index (κ1) is 34.3. The van der Waals surface area contributed by atoms with Gasteiger partial charge in [-0.1, -0.05) is 24.3 Å². The van der Waals surface area contributed by atoms with Crippen LogP contribution >= 0.6 is 0 Å². The average Bonchev–Trinajstić information content (AvgIpc) is 3.04. The third-order valence-corrected chi connectivity index (χ3v) is 6.78. The Hall–Kier alpha value is -5.20. The number of hydrogen-bond donors (Lipinski definition) is 1. The standard InChI is InChI=1S/C32H38N2O11/c1-18(34-31(36)27-30(44-17-43-20(3)35)25(40-6)15-16-33-27)32(37)45-19(2)26(21-11-9-13-23(38-4)28(21)41-7)22-12-10-14-24(39-5)29(22)42-8/h9-16,18-19,26H,17H2,1-8H3,(H,34,36)/t18-,19?/m0/s1. The van der Waals surface area contributed by atoms with Crippen LogP contribution in [0.2, 0.25) is 0 Å². The molecule has 1 amide bonds. The van der Waals surface area contributed by atoms with E-state index < -0.39 is 42.7 Å². The van der Waals surface area contributed by atoms with Crippen molar-refractivity contribution in [2.45, 2.75) is 38.8 Å². The number of carbonyl (C=O) groups is 3. The number of aromatic nitrogens is 1. The van der Waals surface area contributed by atoms with Crippen LogP contribution in [0, 0.1) is 0 Å². The maximum absolute atomic E-state index is 13.4. The Morgan fingerprint density at radius 1 is 0.756 bits per heavy atom. The highest BCUT2D eigenvalue weighted by Gasteiger charge is 2.33. The summed E-state index contributed by atoms with van der Waals surface area (Å²) in [6, 6.07) is 11.2. The van der Waals surface area contributed by atoms with E-state index in [2.05, 4.69) is 10.3 Å². The number of pyridine rings is 1. The van der Waals surface area contributed by atoms with E-state index in [0.29, 0.717) is 34.1 Å². The fourth-order valence-corrected chi connectivity index (χ4v) is 4.73. The number of carbonyl (C=O) groups excluding carboxylic acids is 3. The maximum Gasteiger partial charge on any atom is 0.328 e. The van der Waals surface area contributed by atoms with Crippen LogP contribution in [0.5, 0.6) is 34.5 Å². The lowest BCUT2D eigenvalue weighted by Gasteiger charge is -2.29. The number of rotatable bonds is 15. The number of methoxy groups -OCH3 is 5. The zero-order chi connectivity index (χ0) is 33.1. The van der Waals surface area contributed by atoms with Gasteiger partial charge in [0, 0.05) is 30.3 Å². The molecule has 13 heteroatoms. The highest BCUT2D eigenvalue weighted by atomic mass is 16.7. The van der Waals surface area contributed by atoms with Gasteiger partial charge in [0.1, 0.15) is 12.1 Å². The number of nitrogens with one attached hydrogen (secondary N) is 1. The van der Waals surface area contributed by atoms with Crippen LogP contribution in [0.3, 0.4) is 0 Å². The summed E-state index contributed by atoms with van der Waals surface area (Å²) in [5.74, 6) is -0.694. The van der Waals surface area contributed by atoms with E-state index in [-0.39, 0.29) is 17.2 Å². The van der Waals surface area contributed by atoms with Crippen LogP contribution in [-0.4, -0.2) is 77.3 Å². The van der Waals surface area contributed by atoms with Gasteiger partial charge < -0.3 is 43.2 Å². The van der Waals surface area contributed by atoms with Gasteiger partial charge in [-0.25, -0.2) is 9.78 Å². The number of esters is 2. The third-order valence-electron chi connectivity index (χ3n) is 6.78. The summed E-state index contributed by atoms with van der Waals surface area (Å²) in [4.78, 5) is 41.9. The molecule has 1 aromatic heterocycles. The molecule has 45 heavy (non-hydrogen) atoms. The van der Waals surface area contributed by atoms with E-state index in [4.69, 9.17) is 37.9 Å². The smallest absolute Gasteiger partial charge is 0.328 e. The largest absolute Gasteiger partial charge is 0.493 e. The molecule has 0 bridgehead atoms. The predicted octanol–water partition coefficient (Wildman–Crippen LogP) is 3.91. The predicted molar refractivity (Wildman–Crippen MR) is 161 cm³/mol. The minimum absolute atomic E-state index is 0.0667. The first-order valence-electron chi connectivity index (χ1n) is 13.8. The van der Waals surface area contributed by atoms with Gasteiger partial charge >= 0.3 is 11.9 Å². The molecule has 2 atom stereocenters. The Kier molecular flexibility index (Phi) is 12.2. The van der Waals surface area contributed by atoms with Crippen molar-refractivity contribution in [2.75, 3.05) is 42.3 Å². The fourth-order valence-electron chi connectivity index (χ4n) is 4.73. The summed E-state index contributed by atoms with van der Waals surface area (Å²) in [7, 11) is 7.47. The molecule has 242 valence electrons. The van der Waals surface area contributed by atoms with Gasteiger partial charge in [0.25, 0.3) is 5.91 Å². The van der Waals surface area contributed by atoms with E-state index in [1.54, 1.807) is 31.2 Å². The Labute approximate surface area is 261 Å². The lowest BCUT2D eigenvalue weighted by molar-refractivity contribution is -0.151. The summed E-state index contributed by atoms with van der Waals surface area (Å²) in [5, 5.41) is 2.58. The molecule has 13 nitrogen and oxygen atoms in total. The van der Waals surface area contributed by atoms with Crippen molar-refractivity contribution < 1.29 is 52.3 Å². The van der Waals surface area contributed by atoms with Crippen LogP contribution in [0.15, 0.2) is 48.7 Å². The number of ether oxygens (including phenoxy) is 8. The van der Waals surface area contributed by atoms with Gasteiger partial charge in [0.15, 0.2) is 40.2 Å². The highest BCUT2D eigenvalue weighted by Crippen LogP contribution is 2.45. The van der Waals surface area contributed by atoms with Crippen molar-refractivity contribution in [1.29, 1.82) is 0 Å². The van der Waals surface area contributed by atoms with Crippen molar-refractivity contribution in [3.05, 3.63) is 65.5 Å². The minimum Gasteiger partial charge on any atom is -0.493 e. The van der Waals surface area contributed by atoms with Gasteiger partial charge in [-0.3, -0.25) is 9.59 Å². The second kappa shape index (κ2) is 16.0. The minimum atomic E-state index is -1.12. The molecule has 0 saturated heterocycles. The van der Waals surface area contributed by atoms with Crippen molar-refractivity contribution in [3.63, 3.8) is 0 Å². The topological polar surface area (TPSA) is 150 Å². The van der Waals surface area contributed by atoms with Crippen molar-refractivity contribution in [1.82, 2.24) is 10.3 Å². The Bertz CT molecular complexity index is 1440. The van der Waals surface area contributed by atoms with Gasteiger partial charge in [0.05, 0.1) is 41.5 Å². The van der Waals surface area contributed by atoms with Crippen LogP contribution < -0.4 is 33.7 Å². The van der Waals surface area contributed by atoms with Crippen LogP contribution in [0.1, 0.15) is 48.3 Å². The third kappa shape index (κ3) is 8.05. The first-order chi connectivity index (χ1) is 21.6. The molecular weight excluding hydrogens is 588 g/mol. The summed E-state index contributed by atoms with van der Waals surface area (Å²) in [5.41, 5.74) is 1.14. The number of nitrogens with zero attached hydrogens (tertiary/aromatic N) is 1. The van der Waals surface area contributed by atoms with Crippen molar-refractivity contribution in [3.8, 4) is 34.5 Å². The van der Waals surface area contributed by atoms with E-state index in [9.17, 15) is 14.4 Å². The molecule has 3 aromatic rings. The molecule has 3 rings (SSSR count). The zero-order valence-electron chi connectivity index (χ0n) is 26.5. The summed E-state index contributed by atoms with van der Waals surface area (Å²) >= 11 is 0. The normalized spacial score (nSPS) is 11.9. The Morgan fingerprint density at radius 3 is 1.78 bits per heavy atom. The van der Waals surface area contributed by atoms with Crippen molar-refractivity contribution in [2.24, 2.45) is 0 Å². The Balaban J connectivity index is 1.92. The van der Waals surface area contributed by atoms with Gasteiger partial charge in [-0.2, -0.15) is 0 Å². The van der Waals surface area contributed by atoms with Gasteiger partial charge in [-0.15, -0.1) is 0 Å². The van der Waals surface area contributed by atoms with E-state index in [0.717, 1.165) is 0 Å². The van der Waals surface area contributed by atoms with E-state index in [1.165, 1.54) is 61.7 Å². The molecule has 1 N–H and O–H groups in total. The van der Waals surface area contributed by atoms with Gasteiger partial charge in [0.2, 0.25) is 6.79 Å². The van der Waals surface area contributed by atoms with Gasteiger partial charge in [-0.05, 0) is 26.0 Å². The zero-order valence-corrected chi connectivity index (χ0v) is 26.5. The maximum atomic E-state index is 13.4. The highest BCUT2D eigenvalue weighted by molar-refractivity contribution is 5.98. The molecule has 1 unspecified atom stereocenters. The molecule has 0 aliphatic heterocycles. The molecule has 0 aliphatic carbocycles. The lowest BCUT2D eigenvalue weighted by Crippen LogP contribution is -2.41. The summed E-state index contributed by atoms with van der Waals surface area (Å²) in [6.45, 7) is 3.93. The van der Waals surface area contributed by atoms with Crippen molar-refractivity contribution >= 4 is 17.8 Å². The molecule has 0 spiro atoms. The molecule has 0 fully saturated rings. The summed E-state index contributed by atoms with van der Waals surface area (Å²) < 4.78 is 44.0. The Morgan fingerprint density at radius 2 is 1.29 bits per heavy atom. The molecule has 0 saturated carbocycles. The fraction of sp³-hybridized carbons (Fsp3) is 0.375. The van der Waals surface area contributed by atoms with E-state index in [1.807, 2.05) is 12.1 Å². The SMILES string of the molecule is COc1cccc(C(c2cccc(OC)c2OC)C(C)OC(=O)[C@H](C)NC(=O)c2nccc(OC)c2OCOC(C)=O)c1OC. The average molecular weight is 627 g/mol. The van der Waals surface area contributed by atoms with Crippen LogP contribution in [-0.2, 0) is 19.1 Å². The number of amides is 1. The molecule has 2 aromatic carbocycles. The lowest BCUT2D eigenvalue weighted by atomic mass is 9.85.